The Morgan fingerprint density at radius 1 is 1.33 bits per heavy atom. The number of carbonyl (C=O) groups is 1. The molecule has 0 fully saturated rings. The summed E-state index contributed by atoms with van der Waals surface area (Å²) in [5.41, 5.74) is 0. The molecule has 0 radical (unpaired) electrons. The monoisotopic (exact) mass is 222 g/mol. The molecule has 86 valence electrons. The van der Waals surface area contributed by atoms with E-state index in [4.69, 9.17) is 0 Å². The molecule has 0 saturated carbocycles. The Morgan fingerprint density at radius 3 is 2.33 bits per heavy atom. The summed E-state index contributed by atoms with van der Waals surface area (Å²) in [5, 5.41) is 17.6. The number of carbonyl (C=O) groups excluding carboxylic acids is 1. The van der Waals surface area contributed by atoms with Crippen LogP contribution in [0, 0.1) is 20.2 Å². The summed E-state index contributed by atoms with van der Waals surface area (Å²) in [7, 11) is 0. The van der Waals surface area contributed by atoms with Crippen LogP contribution in [0.1, 0.15) is 19.8 Å². The second-order valence-electron chi connectivity index (χ2n) is 2.71. The molecule has 1 atom stereocenters. The van der Waals surface area contributed by atoms with Gasteiger partial charge in [0.25, 0.3) is 10.2 Å². The highest BCUT2D eigenvalue weighted by molar-refractivity contribution is 5.75. The first-order valence-corrected chi connectivity index (χ1v) is 3.99. The van der Waals surface area contributed by atoms with E-state index in [0.29, 0.717) is 0 Å². The van der Waals surface area contributed by atoms with E-state index < -0.39 is 22.9 Å². The van der Waals surface area contributed by atoms with E-state index in [2.05, 4.69) is 9.68 Å². The number of ketones is 1. The number of rotatable bonds is 8. The normalized spacial score (nSPS) is 11.5. The van der Waals surface area contributed by atoms with Crippen LogP contribution in [0.4, 0.5) is 0 Å². The lowest BCUT2D eigenvalue weighted by atomic mass is 10.1. The Balaban J connectivity index is 3.99. The molecule has 0 aliphatic rings. The first kappa shape index (κ1) is 13.1. The van der Waals surface area contributed by atoms with E-state index in [0.717, 1.165) is 0 Å². The predicted molar refractivity (Wildman–Crippen MR) is 44.7 cm³/mol. The van der Waals surface area contributed by atoms with Gasteiger partial charge in [0, 0.05) is 6.42 Å². The summed E-state index contributed by atoms with van der Waals surface area (Å²) >= 11 is 0. The fraction of sp³-hybridized carbons (Fsp3) is 0.833. The lowest BCUT2D eigenvalue weighted by molar-refractivity contribution is -0.790. The molecule has 0 aromatic rings. The maximum atomic E-state index is 10.6. The van der Waals surface area contributed by atoms with Gasteiger partial charge in [-0.05, 0) is 13.3 Å². The summed E-state index contributed by atoms with van der Waals surface area (Å²) in [5.74, 6) is -0.187. The van der Waals surface area contributed by atoms with Crippen LogP contribution in [0.25, 0.3) is 0 Å². The Labute approximate surface area is 84.2 Å². The summed E-state index contributed by atoms with van der Waals surface area (Å²) < 4.78 is 0. The maximum Gasteiger partial charge on any atom is 0.294 e. The van der Waals surface area contributed by atoms with Crippen LogP contribution >= 0.6 is 0 Å². The van der Waals surface area contributed by atoms with Gasteiger partial charge in [0.15, 0.2) is 0 Å². The Bertz CT molecular complexity index is 236. The van der Waals surface area contributed by atoms with Gasteiger partial charge in [-0.2, -0.15) is 0 Å². The molecular weight excluding hydrogens is 212 g/mol. The average Bonchev–Trinajstić information content (AvgIpc) is 2.08. The van der Waals surface area contributed by atoms with Gasteiger partial charge >= 0.3 is 0 Å². The van der Waals surface area contributed by atoms with Crippen LogP contribution in [-0.2, 0) is 14.5 Å². The van der Waals surface area contributed by atoms with E-state index in [-0.39, 0.29) is 18.6 Å². The molecule has 1 unspecified atom stereocenters. The SMILES string of the molecule is CC(=O)CCC(CO[N+](=O)[O-])O[N+](=O)[O-]. The third kappa shape index (κ3) is 8.40. The van der Waals surface area contributed by atoms with Crippen molar-refractivity contribution in [3.8, 4) is 0 Å². The fourth-order valence-corrected chi connectivity index (χ4v) is 0.796. The van der Waals surface area contributed by atoms with Crippen LogP contribution < -0.4 is 0 Å². The van der Waals surface area contributed by atoms with Crippen molar-refractivity contribution in [2.45, 2.75) is 25.9 Å². The largest absolute Gasteiger partial charge is 0.312 e. The zero-order valence-electron chi connectivity index (χ0n) is 7.95. The van der Waals surface area contributed by atoms with E-state index in [1.165, 1.54) is 6.92 Å². The highest BCUT2D eigenvalue weighted by Crippen LogP contribution is 2.04. The Morgan fingerprint density at radius 2 is 1.93 bits per heavy atom. The van der Waals surface area contributed by atoms with Crippen molar-refractivity contribution in [1.29, 1.82) is 0 Å². The quantitative estimate of drug-likeness (QED) is 0.422. The van der Waals surface area contributed by atoms with Crippen LogP contribution in [0.5, 0.6) is 0 Å². The molecule has 0 aliphatic heterocycles. The third-order valence-corrected chi connectivity index (χ3v) is 1.42. The minimum atomic E-state index is -1.10. The molecule has 15 heavy (non-hydrogen) atoms. The minimum absolute atomic E-state index is 0.00412. The van der Waals surface area contributed by atoms with Gasteiger partial charge in [0.05, 0.1) is 0 Å². The molecular formula is C6H10N2O7. The molecule has 0 aromatic carbocycles. The van der Waals surface area contributed by atoms with Crippen LogP contribution in [0.15, 0.2) is 0 Å². The third-order valence-electron chi connectivity index (χ3n) is 1.42. The second-order valence-corrected chi connectivity index (χ2v) is 2.71. The lowest BCUT2D eigenvalue weighted by Gasteiger charge is -2.12. The summed E-state index contributed by atoms with van der Waals surface area (Å²) in [6.07, 6.45) is -1.06. The molecule has 0 N–H and O–H groups in total. The van der Waals surface area contributed by atoms with Crippen LogP contribution in [0.2, 0.25) is 0 Å². The lowest BCUT2D eigenvalue weighted by Crippen LogP contribution is -2.25. The van der Waals surface area contributed by atoms with Crippen LogP contribution in [0.3, 0.4) is 0 Å². The molecule has 0 rings (SSSR count). The van der Waals surface area contributed by atoms with Gasteiger partial charge < -0.3 is 14.5 Å². The molecule has 9 heteroatoms. The Kier molecular flexibility index (Phi) is 5.67. The molecule has 0 heterocycles. The molecule has 0 spiro atoms. The van der Waals surface area contributed by atoms with Crippen molar-refractivity contribution in [2.75, 3.05) is 6.61 Å². The topological polar surface area (TPSA) is 122 Å². The zero-order chi connectivity index (χ0) is 11.8. The highest BCUT2D eigenvalue weighted by Gasteiger charge is 2.16. The summed E-state index contributed by atoms with van der Waals surface area (Å²) in [4.78, 5) is 38.4. The van der Waals surface area contributed by atoms with Crippen LogP contribution in [-0.4, -0.2) is 28.7 Å². The van der Waals surface area contributed by atoms with E-state index in [1.54, 1.807) is 0 Å². The van der Waals surface area contributed by atoms with E-state index >= 15 is 0 Å². The second kappa shape index (κ2) is 6.51. The van der Waals surface area contributed by atoms with Crippen molar-refractivity contribution in [3.63, 3.8) is 0 Å². The number of hydrogen-bond acceptors (Lipinski definition) is 7. The minimum Gasteiger partial charge on any atom is -0.312 e. The highest BCUT2D eigenvalue weighted by atomic mass is 17.0. The van der Waals surface area contributed by atoms with Gasteiger partial charge in [-0.1, -0.05) is 0 Å². The van der Waals surface area contributed by atoms with Gasteiger partial charge in [-0.25, -0.2) is 0 Å². The van der Waals surface area contributed by atoms with Gasteiger partial charge in [-0.15, -0.1) is 20.2 Å². The first-order chi connectivity index (χ1) is 6.91. The van der Waals surface area contributed by atoms with Crippen molar-refractivity contribution in [3.05, 3.63) is 20.2 Å². The molecule has 0 bridgehead atoms. The van der Waals surface area contributed by atoms with Crippen molar-refractivity contribution in [2.24, 2.45) is 0 Å². The summed E-state index contributed by atoms with van der Waals surface area (Å²) in [6.45, 7) is 0.735. The molecule has 0 aromatic heterocycles. The van der Waals surface area contributed by atoms with E-state index in [1.807, 2.05) is 0 Å². The smallest absolute Gasteiger partial charge is 0.294 e. The Hall–Kier alpha value is -1.93. The van der Waals surface area contributed by atoms with Gasteiger partial charge in [-0.3, -0.25) is 0 Å². The van der Waals surface area contributed by atoms with Gasteiger partial charge in [0.1, 0.15) is 18.5 Å². The number of nitrogens with zero attached hydrogens (tertiary/aromatic N) is 2. The molecule has 9 nitrogen and oxygen atoms in total. The average molecular weight is 222 g/mol. The fourth-order valence-electron chi connectivity index (χ4n) is 0.796. The summed E-state index contributed by atoms with van der Waals surface area (Å²) in [6, 6.07) is 0. The van der Waals surface area contributed by atoms with Crippen molar-refractivity contribution < 1.29 is 24.6 Å². The standard InChI is InChI=1S/C6H10N2O7/c1-5(9)2-3-6(15-8(12)13)4-14-7(10)11/h6H,2-4H2,1H3. The molecule has 0 amide bonds. The predicted octanol–water partition coefficient (Wildman–Crippen LogP) is 0.141. The van der Waals surface area contributed by atoms with Crippen molar-refractivity contribution in [1.82, 2.24) is 0 Å². The van der Waals surface area contributed by atoms with Crippen molar-refractivity contribution >= 4 is 5.78 Å². The zero-order valence-corrected chi connectivity index (χ0v) is 7.95. The molecule has 0 saturated heterocycles. The first-order valence-electron chi connectivity index (χ1n) is 3.99. The maximum absolute atomic E-state index is 10.6. The number of Topliss-reactive ketones (excluding diaryl/α,β-unsaturated/α-hetero) is 1. The molecule has 0 aliphatic carbocycles. The van der Waals surface area contributed by atoms with E-state index in [9.17, 15) is 25.0 Å². The van der Waals surface area contributed by atoms with Gasteiger partial charge in [0.2, 0.25) is 0 Å². The number of hydrogen-bond donors (Lipinski definition) is 0.